The first kappa shape index (κ1) is 16.5. The van der Waals surface area contributed by atoms with E-state index < -0.39 is 0 Å². The molecule has 1 aromatic heterocycles. The first-order valence-corrected chi connectivity index (χ1v) is 8.70. The van der Waals surface area contributed by atoms with Crippen LogP contribution < -0.4 is 0 Å². The third-order valence-corrected chi connectivity index (χ3v) is 4.69. The number of para-hydroxylation sites is 1. The molecule has 1 N–H and O–H groups in total. The molecule has 3 rings (SSSR count). The Bertz CT molecular complexity index is 859. The van der Waals surface area contributed by atoms with Crippen LogP contribution in [-0.2, 0) is 0 Å². The molecule has 2 heteroatoms. The number of fused-ring (bicyclic) bond motifs is 1. The van der Waals surface area contributed by atoms with Crippen LogP contribution in [0.1, 0.15) is 44.5 Å². The summed E-state index contributed by atoms with van der Waals surface area (Å²) in [6.45, 7) is 8.49. The molecule has 2 nitrogen and oxygen atoms in total. The largest absolute Gasteiger partial charge is 0.333 e. The average Bonchev–Trinajstić information content (AvgIpc) is 2.85. The van der Waals surface area contributed by atoms with Crippen molar-refractivity contribution < 1.29 is 0 Å². The molecule has 1 aromatic carbocycles. The maximum absolute atomic E-state index is 7.81. The van der Waals surface area contributed by atoms with Gasteiger partial charge in [0.2, 0.25) is 0 Å². The van der Waals surface area contributed by atoms with E-state index in [1.165, 1.54) is 22.2 Å². The Kier molecular flexibility index (Phi) is 4.57. The third kappa shape index (κ3) is 3.01. The van der Waals surface area contributed by atoms with Crippen LogP contribution in [-0.4, -0.2) is 10.3 Å². The molecule has 0 radical (unpaired) electrons. The van der Waals surface area contributed by atoms with E-state index in [0.29, 0.717) is 17.7 Å². The highest BCUT2D eigenvalue weighted by atomic mass is 15.0. The van der Waals surface area contributed by atoms with Crippen molar-refractivity contribution >= 4 is 22.7 Å². The summed E-state index contributed by atoms with van der Waals surface area (Å²) in [4.78, 5) is 0. The van der Waals surface area contributed by atoms with Gasteiger partial charge < -0.3 is 9.98 Å². The second-order valence-electron chi connectivity index (χ2n) is 6.95. The minimum atomic E-state index is 0.304. The van der Waals surface area contributed by atoms with Crippen molar-refractivity contribution in [3.05, 3.63) is 65.4 Å². The Labute approximate surface area is 144 Å². The Balaban J connectivity index is 2.11. The zero-order valence-electron chi connectivity index (χ0n) is 15.0. The number of allylic oxidation sites excluding steroid dienone is 5. The predicted octanol–water partition coefficient (Wildman–Crippen LogP) is 6.09. The van der Waals surface area contributed by atoms with Crippen molar-refractivity contribution in [1.82, 2.24) is 4.57 Å². The second kappa shape index (κ2) is 6.64. The molecule has 1 aliphatic rings. The molecule has 0 bridgehead atoms. The Morgan fingerprint density at radius 3 is 2.67 bits per heavy atom. The fourth-order valence-electron chi connectivity index (χ4n) is 3.37. The van der Waals surface area contributed by atoms with Gasteiger partial charge >= 0.3 is 0 Å². The molecule has 0 spiro atoms. The molecule has 24 heavy (non-hydrogen) atoms. The van der Waals surface area contributed by atoms with Gasteiger partial charge in [0.15, 0.2) is 0 Å². The van der Waals surface area contributed by atoms with Gasteiger partial charge in [-0.25, -0.2) is 0 Å². The van der Waals surface area contributed by atoms with E-state index in [1.807, 2.05) is 6.92 Å². The van der Waals surface area contributed by atoms with Gasteiger partial charge in [0, 0.05) is 22.3 Å². The third-order valence-electron chi connectivity index (χ3n) is 4.69. The maximum Gasteiger partial charge on any atom is 0.0560 e. The van der Waals surface area contributed by atoms with E-state index in [4.69, 9.17) is 5.41 Å². The van der Waals surface area contributed by atoms with Gasteiger partial charge in [-0.15, -0.1) is 0 Å². The van der Waals surface area contributed by atoms with E-state index in [9.17, 15) is 0 Å². The van der Waals surface area contributed by atoms with Gasteiger partial charge in [-0.2, -0.15) is 0 Å². The molecule has 0 saturated heterocycles. The zero-order chi connectivity index (χ0) is 17.3. The summed E-state index contributed by atoms with van der Waals surface area (Å²) in [5.74, 6) is 0.532. The Morgan fingerprint density at radius 2 is 2.04 bits per heavy atom. The molecular formula is C22H26N2. The second-order valence-corrected chi connectivity index (χ2v) is 6.95. The van der Waals surface area contributed by atoms with Crippen LogP contribution in [0.4, 0.5) is 0 Å². The highest BCUT2D eigenvalue weighted by Crippen LogP contribution is 2.33. The van der Waals surface area contributed by atoms with E-state index in [0.717, 1.165) is 12.0 Å². The van der Waals surface area contributed by atoms with Crippen LogP contribution in [0.3, 0.4) is 0 Å². The topological polar surface area (TPSA) is 28.8 Å². The number of hydrogen-bond acceptors (Lipinski definition) is 1. The highest BCUT2D eigenvalue weighted by Gasteiger charge is 2.19. The van der Waals surface area contributed by atoms with Crippen molar-refractivity contribution in [3.8, 4) is 0 Å². The van der Waals surface area contributed by atoms with E-state index >= 15 is 0 Å². The number of nitrogens with one attached hydrogen (secondary N) is 1. The SMILES string of the molecule is CC(=N)C1=CCC(n2c(/C=C\C(C)C)c(C)c3ccccc32)C=C1. The number of hydrogen-bond donors (Lipinski definition) is 1. The van der Waals surface area contributed by atoms with Crippen LogP contribution in [0.25, 0.3) is 17.0 Å². The van der Waals surface area contributed by atoms with Crippen molar-refractivity contribution in [2.75, 3.05) is 0 Å². The fourth-order valence-corrected chi connectivity index (χ4v) is 3.37. The van der Waals surface area contributed by atoms with Crippen LogP contribution >= 0.6 is 0 Å². The molecule has 0 amide bonds. The van der Waals surface area contributed by atoms with E-state index in [2.05, 4.69) is 80.0 Å². The molecule has 1 unspecified atom stereocenters. The minimum Gasteiger partial charge on any atom is -0.333 e. The van der Waals surface area contributed by atoms with Crippen LogP contribution in [0.2, 0.25) is 0 Å². The van der Waals surface area contributed by atoms with Gasteiger partial charge in [-0.1, -0.05) is 56.4 Å². The monoisotopic (exact) mass is 318 g/mol. The van der Waals surface area contributed by atoms with Crippen molar-refractivity contribution in [2.24, 2.45) is 5.92 Å². The summed E-state index contributed by atoms with van der Waals surface area (Å²) in [6.07, 6.45) is 12.0. The van der Waals surface area contributed by atoms with Gasteiger partial charge in [0.1, 0.15) is 0 Å². The molecule has 0 saturated carbocycles. The molecule has 124 valence electrons. The van der Waals surface area contributed by atoms with Gasteiger partial charge in [-0.05, 0) is 49.5 Å². The average molecular weight is 318 g/mol. The lowest BCUT2D eigenvalue weighted by Gasteiger charge is -2.21. The summed E-state index contributed by atoms with van der Waals surface area (Å²) >= 11 is 0. The zero-order valence-corrected chi connectivity index (χ0v) is 15.0. The summed E-state index contributed by atoms with van der Waals surface area (Å²) in [5.41, 5.74) is 5.60. The lowest BCUT2D eigenvalue weighted by molar-refractivity contribution is 0.622. The molecule has 1 heterocycles. The number of aromatic nitrogens is 1. The smallest absolute Gasteiger partial charge is 0.0560 e. The van der Waals surface area contributed by atoms with Crippen molar-refractivity contribution in [3.63, 3.8) is 0 Å². The normalized spacial score (nSPS) is 17.9. The molecule has 2 aromatic rings. The lowest BCUT2D eigenvalue weighted by Crippen LogP contribution is -2.11. The molecular weight excluding hydrogens is 292 g/mol. The number of aryl methyl sites for hydroxylation is 1. The summed E-state index contributed by atoms with van der Waals surface area (Å²) in [6, 6.07) is 8.96. The number of nitrogens with zero attached hydrogens (tertiary/aromatic N) is 1. The standard InChI is InChI=1S/C22H26N2/c1-15(2)9-14-21-16(3)20-7-5-6-8-22(20)24(21)19-12-10-18(11-13-19)17(4)23/h5-12,14-15,19,23H,13H2,1-4H3/b14-9-,23-17?. The highest BCUT2D eigenvalue weighted by molar-refractivity contribution is 5.98. The van der Waals surface area contributed by atoms with Crippen LogP contribution in [0.15, 0.2) is 54.1 Å². The number of rotatable bonds is 4. The van der Waals surface area contributed by atoms with Crippen molar-refractivity contribution in [2.45, 2.75) is 40.2 Å². The van der Waals surface area contributed by atoms with Crippen LogP contribution in [0.5, 0.6) is 0 Å². The Morgan fingerprint density at radius 1 is 1.29 bits per heavy atom. The maximum atomic E-state index is 7.81. The minimum absolute atomic E-state index is 0.304. The lowest BCUT2D eigenvalue weighted by atomic mass is 9.99. The van der Waals surface area contributed by atoms with Crippen LogP contribution in [0, 0.1) is 18.3 Å². The molecule has 1 aliphatic carbocycles. The van der Waals surface area contributed by atoms with E-state index in [1.54, 1.807) is 0 Å². The summed E-state index contributed by atoms with van der Waals surface area (Å²) < 4.78 is 2.45. The first-order chi connectivity index (χ1) is 11.5. The predicted molar refractivity (Wildman–Crippen MR) is 105 cm³/mol. The van der Waals surface area contributed by atoms with Gasteiger partial charge in [-0.3, -0.25) is 0 Å². The quantitative estimate of drug-likeness (QED) is 0.661. The van der Waals surface area contributed by atoms with Gasteiger partial charge in [0.25, 0.3) is 0 Å². The number of benzene rings is 1. The van der Waals surface area contributed by atoms with E-state index in [-0.39, 0.29) is 0 Å². The fraction of sp³-hybridized carbons (Fsp3) is 0.318. The van der Waals surface area contributed by atoms with Gasteiger partial charge in [0.05, 0.1) is 6.04 Å². The molecule has 0 fully saturated rings. The summed E-state index contributed by atoms with van der Waals surface area (Å²) in [5, 5.41) is 9.14. The molecule has 1 atom stereocenters. The summed E-state index contributed by atoms with van der Waals surface area (Å²) in [7, 11) is 0. The molecule has 0 aliphatic heterocycles. The Hall–Kier alpha value is -2.35. The van der Waals surface area contributed by atoms with Crippen molar-refractivity contribution in [1.29, 1.82) is 5.41 Å². The first-order valence-electron chi connectivity index (χ1n) is 8.70.